The van der Waals surface area contributed by atoms with Gasteiger partial charge in [0.1, 0.15) is 5.75 Å². The largest absolute Gasteiger partial charge is 0.508 e. The molecule has 0 saturated carbocycles. The summed E-state index contributed by atoms with van der Waals surface area (Å²) in [5.41, 5.74) is 9.63. The summed E-state index contributed by atoms with van der Waals surface area (Å²) in [6.45, 7) is 26.3. The van der Waals surface area contributed by atoms with Gasteiger partial charge in [-0.1, -0.05) is 155 Å². The fraction of sp³-hybridized carbons (Fsp3) is 0.600. The number of rotatable bonds is 17. The van der Waals surface area contributed by atoms with Crippen LogP contribution in [0.2, 0.25) is 0 Å². The molecule has 0 aliphatic carbocycles. The monoisotopic (exact) mass is 563 g/mol. The van der Waals surface area contributed by atoms with Gasteiger partial charge in [0.25, 0.3) is 0 Å². The predicted octanol–water partition coefficient (Wildman–Crippen LogP) is 13.1. The van der Waals surface area contributed by atoms with Crippen LogP contribution in [0.1, 0.15) is 149 Å². The first-order chi connectivity index (χ1) is 19.8. The highest BCUT2D eigenvalue weighted by Crippen LogP contribution is 2.36. The first-order valence-corrected chi connectivity index (χ1v) is 17.1. The lowest BCUT2D eigenvalue weighted by Gasteiger charge is -2.25. The van der Waals surface area contributed by atoms with Gasteiger partial charge in [0.15, 0.2) is 0 Å². The van der Waals surface area contributed by atoms with Crippen molar-refractivity contribution in [3.63, 3.8) is 0 Å². The Balaban J connectivity index is 0.00000382. The van der Waals surface area contributed by atoms with Gasteiger partial charge in [0, 0.05) is 5.92 Å². The quantitative estimate of drug-likeness (QED) is 0.150. The number of hydrogen-bond donors (Lipinski definition) is 1. The molecule has 41 heavy (non-hydrogen) atoms. The summed E-state index contributed by atoms with van der Waals surface area (Å²) >= 11 is 0. The third kappa shape index (κ3) is 14.4. The molecule has 0 aliphatic heterocycles. The second kappa shape index (κ2) is 23.3. The van der Waals surface area contributed by atoms with Crippen molar-refractivity contribution in [3.8, 4) is 5.75 Å². The van der Waals surface area contributed by atoms with E-state index in [2.05, 4.69) is 78.5 Å². The zero-order chi connectivity index (χ0) is 31.2. The van der Waals surface area contributed by atoms with Crippen LogP contribution < -0.4 is 0 Å². The second-order valence-electron chi connectivity index (χ2n) is 11.4. The molecule has 0 aliphatic rings. The van der Waals surface area contributed by atoms with Crippen molar-refractivity contribution in [1.82, 2.24) is 0 Å². The number of benzene rings is 2. The van der Waals surface area contributed by atoms with E-state index in [0.29, 0.717) is 11.7 Å². The van der Waals surface area contributed by atoms with Crippen LogP contribution >= 0.6 is 0 Å². The average Bonchev–Trinajstić information content (AvgIpc) is 2.98. The van der Waals surface area contributed by atoms with Crippen molar-refractivity contribution in [2.24, 2.45) is 11.8 Å². The van der Waals surface area contributed by atoms with Gasteiger partial charge >= 0.3 is 0 Å². The van der Waals surface area contributed by atoms with E-state index in [9.17, 15) is 5.11 Å². The number of hydrogen-bond acceptors (Lipinski definition) is 1. The van der Waals surface area contributed by atoms with Crippen molar-refractivity contribution < 1.29 is 5.11 Å². The SMILES string of the molecule is C=C(c1ccc(CC(C)CCC)cc1)C(C)/C(CCCCCCC)=C(/CCC)Cc1ccc(O)cc1C.CC.CC. The Morgan fingerprint density at radius 2 is 1.41 bits per heavy atom. The highest BCUT2D eigenvalue weighted by Gasteiger charge is 2.19. The molecule has 0 aromatic heterocycles. The molecule has 0 heterocycles. The number of phenols is 1. The van der Waals surface area contributed by atoms with Crippen molar-refractivity contribution in [2.45, 2.75) is 146 Å². The number of aromatic hydroxyl groups is 1. The van der Waals surface area contributed by atoms with Crippen LogP contribution in [0.3, 0.4) is 0 Å². The summed E-state index contributed by atoms with van der Waals surface area (Å²) in [4.78, 5) is 0. The van der Waals surface area contributed by atoms with E-state index >= 15 is 0 Å². The fourth-order valence-corrected chi connectivity index (χ4v) is 5.70. The number of aryl methyl sites for hydroxylation is 1. The molecule has 2 rings (SSSR count). The van der Waals surface area contributed by atoms with Crippen molar-refractivity contribution >= 4 is 5.57 Å². The zero-order valence-electron chi connectivity index (χ0n) is 28.8. The first kappa shape index (κ1) is 38.7. The lowest BCUT2D eigenvalue weighted by atomic mass is 9.80. The molecule has 0 saturated heterocycles. The van der Waals surface area contributed by atoms with Crippen LogP contribution in [0, 0.1) is 18.8 Å². The van der Waals surface area contributed by atoms with Crippen LogP contribution in [-0.2, 0) is 12.8 Å². The summed E-state index contributed by atoms with van der Waals surface area (Å²) in [7, 11) is 0. The Bertz CT molecular complexity index is 978. The molecular weight excluding hydrogens is 496 g/mol. The molecule has 1 heteroatoms. The molecule has 2 aromatic carbocycles. The van der Waals surface area contributed by atoms with Crippen LogP contribution in [0.4, 0.5) is 0 Å². The van der Waals surface area contributed by atoms with Crippen molar-refractivity contribution in [2.75, 3.05) is 0 Å². The van der Waals surface area contributed by atoms with Gasteiger partial charge in [-0.2, -0.15) is 0 Å². The topological polar surface area (TPSA) is 20.2 Å². The molecular formula is C40H66O. The summed E-state index contributed by atoms with van der Waals surface area (Å²) in [5, 5.41) is 9.93. The Morgan fingerprint density at radius 1 is 0.780 bits per heavy atom. The second-order valence-corrected chi connectivity index (χ2v) is 11.4. The Kier molecular flexibility index (Phi) is 22.0. The highest BCUT2D eigenvalue weighted by atomic mass is 16.3. The van der Waals surface area contributed by atoms with Crippen LogP contribution in [-0.4, -0.2) is 5.11 Å². The average molecular weight is 563 g/mol. The summed E-state index contributed by atoms with van der Waals surface area (Å²) in [5.74, 6) is 1.42. The highest BCUT2D eigenvalue weighted by molar-refractivity contribution is 5.68. The van der Waals surface area contributed by atoms with Gasteiger partial charge < -0.3 is 5.11 Å². The Labute approximate surface area is 256 Å². The molecule has 2 unspecified atom stereocenters. The number of allylic oxidation sites excluding steroid dienone is 3. The predicted molar refractivity (Wildman–Crippen MR) is 187 cm³/mol. The third-order valence-corrected chi connectivity index (χ3v) is 8.02. The van der Waals surface area contributed by atoms with Crippen LogP contribution in [0.15, 0.2) is 60.2 Å². The minimum atomic E-state index is 0.329. The molecule has 1 N–H and O–H groups in total. The van der Waals surface area contributed by atoms with Gasteiger partial charge in [0.2, 0.25) is 0 Å². The van der Waals surface area contributed by atoms with Gasteiger partial charge in [0.05, 0.1) is 0 Å². The molecule has 0 amide bonds. The van der Waals surface area contributed by atoms with Crippen molar-refractivity contribution in [1.29, 1.82) is 0 Å². The van der Waals surface area contributed by atoms with E-state index < -0.39 is 0 Å². The molecule has 232 valence electrons. The van der Waals surface area contributed by atoms with E-state index in [4.69, 9.17) is 0 Å². The van der Waals surface area contributed by atoms with E-state index in [0.717, 1.165) is 38.0 Å². The lowest BCUT2D eigenvalue weighted by Crippen LogP contribution is -2.09. The van der Waals surface area contributed by atoms with Gasteiger partial charge in [-0.3, -0.25) is 0 Å². The number of unbranched alkanes of at least 4 members (excludes halogenated alkanes) is 4. The summed E-state index contributed by atoms with van der Waals surface area (Å²) in [6.07, 6.45) is 14.6. The Hall–Kier alpha value is -2.28. The molecule has 0 bridgehead atoms. The minimum Gasteiger partial charge on any atom is -0.508 e. The van der Waals surface area contributed by atoms with E-state index in [1.54, 1.807) is 11.1 Å². The third-order valence-electron chi connectivity index (χ3n) is 8.02. The lowest BCUT2D eigenvalue weighted by molar-refractivity contribution is 0.474. The van der Waals surface area contributed by atoms with Gasteiger partial charge in [-0.15, -0.1) is 0 Å². The maximum Gasteiger partial charge on any atom is 0.115 e. The molecule has 1 nitrogen and oxygen atoms in total. The molecule has 0 spiro atoms. The van der Waals surface area contributed by atoms with Crippen molar-refractivity contribution in [3.05, 3.63) is 82.4 Å². The fourth-order valence-electron chi connectivity index (χ4n) is 5.70. The van der Waals surface area contributed by atoms with Gasteiger partial charge in [-0.25, -0.2) is 0 Å². The van der Waals surface area contributed by atoms with E-state index in [1.165, 1.54) is 72.8 Å². The minimum absolute atomic E-state index is 0.329. The Morgan fingerprint density at radius 3 is 1.98 bits per heavy atom. The maximum atomic E-state index is 9.93. The van der Waals surface area contributed by atoms with Crippen LogP contribution in [0.5, 0.6) is 5.75 Å². The maximum absolute atomic E-state index is 9.93. The van der Waals surface area contributed by atoms with E-state index in [1.807, 2.05) is 39.8 Å². The molecule has 0 radical (unpaired) electrons. The first-order valence-electron chi connectivity index (χ1n) is 17.1. The molecule has 0 fully saturated rings. The van der Waals surface area contributed by atoms with Crippen LogP contribution in [0.25, 0.3) is 5.57 Å². The molecule has 2 atom stereocenters. The van der Waals surface area contributed by atoms with E-state index in [-0.39, 0.29) is 0 Å². The standard InChI is InChI=1S/C36H54O.2C2H6/c1-8-11-12-13-14-17-36(34(16-10-3)26-33-22-23-35(37)25-28(33)5)30(7)29(6)32-20-18-31(19-21-32)24-27(4)15-9-2;2*1-2/h18-23,25,27,30,37H,6,8-17,24,26H2,1-5,7H3;2*1-2H3/b36-34-;;. The summed E-state index contributed by atoms with van der Waals surface area (Å²) in [6, 6.07) is 15.1. The number of phenolic OH excluding ortho intramolecular Hbond substituents is 1. The van der Waals surface area contributed by atoms with Gasteiger partial charge in [-0.05, 0) is 84.9 Å². The summed E-state index contributed by atoms with van der Waals surface area (Å²) < 4.78 is 0. The smallest absolute Gasteiger partial charge is 0.115 e. The molecule has 2 aromatic rings. The normalized spacial score (nSPS) is 12.7. The zero-order valence-corrected chi connectivity index (χ0v) is 28.8.